The third kappa shape index (κ3) is 3.28. The summed E-state index contributed by atoms with van der Waals surface area (Å²) >= 11 is 7.70. The number of carbonyl (C=O) groups excluding carboxylic acids is 1. The number of amides is 1. The summed E-state index contributed by atoms with van der Waals surface area (Å²) in [5, 5.41) is 5.30. The molecule has 1 amide bonds. The van der Waals surface area contributed by atoms with Gasteiger partial charge in [0.2, 0.25) is 0 Å². The maximum absolute atomic E-state index is 12.7. The highest BCUT2D eigenvalue weighted by atomic mass is 35.5. The van der Waals surface area contributed by atoms with Gasteiger partial charge in [-0.3, -0.25) is 4.79 Å². The van der Waals surface area contributed by atoms with Crippen molar-refractivity contribution in [2.45, 2.75) is 6.92 Å². The van der Waals surface area contributed by atoms with Crippen LogP contribution in [0.1, 0.15) is 16.1 Å². The van der Waals surface area contributed by atoms with Gasteiger partial charge in [-0.25, -0.2) is 4.98 Å². The number of para-hydroxylation sites is 1. The minimum Gasteiger partial charge on any atom is -0.451 e. The molecular formula is C23H15ClN2O2S. The predicted molar refractivity (Wildman–Crippen MR) is 119 cm³/mol. The van der Waals surface area contributed by atoms with Crippen molar-refractivity contribution in [3.63, 3.8) is 0 Å². The van der Waals surface area contributed by atoms with Gasteiger partial charge in [0, 0.05) is 27.2 Å². The molecule has 0 spiro atoms. The van der Waals surface area contributed by atoms with Crippen molar-refractivity contribution in [1.82, 2.24) is 4.98 Å². The Balaban J connectivity index is 1.39. The van der Waals surface area contributed by atoms with Crippen LogP contribution in [-0.2, 0) is 0 Å². The van der Waals surface area contributed by atoms with Crippen LogP contribution in [0.5, 0.6) is 0 Å². The minimum atomic E-state index is -0.289. The van der Waals surface area contributed by atoms with Crippen LogP contribution in [0.2, 0.25) is 5.02 Å². The SMILES string of the molecule is Cc1c(C(=O)Nc2ccc(-c3nc4ccccc4s3)cc2)oc2ccc(Cl)cc12. The molecule has 0 bridgehead atoms. The topological polar surface area (TPSA) is 55.1 Å². The normalized spacial score (nSPS) is 11.2. The van der Waals surface area contributed by atoms with E-state index in [0.717, 1.165) is 31.7 Å². The van der Waals surface area contributed by atoms with E-state index in [1.165, 1.54) is 0 Å². The maximum atomic E-state index is 12.7. The first-order valence-corrected chi connectivity index (χ1v) is 10.2. The minimum absolute atomic E-state index is 0.289. The molecule has 2 aromatic heterocycles. The molecule has 3 aromatic carbocycles. The van der Waals surface area contributed by atoms with E-state index < -0.39 is 0 Å². The van der Waals surface area contributed by atoms with Crippen LogP contribution < -0.4 is 5.32 Å². The Labute approximate surface area is 175 Å². The lowest BCUT2D eigenvalue weighted by atomic mass is 10.1. The summed E-state index contributed by atoms with van der Waals surface area (Å²) in [7, 11) is 0. The average Bonchev–Trinajstić information content (AvgIpc) is 3.30. The van der Waals surface area contributed by atoms with Gasteiger partial charge >= 0.3 is 0 Å². The van der Waals surface area contributed by atoms with Gasteiger partial charge in [0.05, 0.1) is 10.2 Å². The van der Waals surface area contributed by atoms with E-state index in [4.69, 9.17) is 16.0 Å². The Hall–Kier alpha value is -3.15. The highest BCUT2D eigenvalue weighted by Crippen LogP contribution is 2.31. The van der Waals surface area contributed by atoms with Crippen molar-refractivity contribution in [2.75, 3.05) is 5.32 Å². The Morgan fingerprint density at radius 3 is 2.66 bits per heavy atom. The zero-order chi connectivity index (χ0) is 20.0. The van der Waals surface area contributed by atoms with Crippen molar-refractivity contribution in [2.24, 2.45) is 0 Å². The van der Waals surface area contributed by atoms with Crippen LogP contribution >= 0.6 is 22.9 Å². The van der Waals surface area contributed by atoms with Gasteiger partial charge in [-0.15, -0.1) is 11.3 Å². The third-order valence-corrected chi connectivity index (χ3v) is 6.11. The summed E-state index contributed by atoms with van der Waals surface area (Å²) in [6, 6.07) is 21.0. The van der Waals surface area contributed by atoms with Crippen LogP contribution in [0, 0.1) is 6.92 Å². The number of carbonyl (C=O) groups is 1. The summed E-state index contributed by atoms with van der Waals surface area (Å²) in [6.07, 6.45) is 0. The molecular weight excluding hydrogens is 404 g/mol. The number of thiazole rings is 1. The van der Waals surface area contributed by atoms with E-state index in [-0.39, 0.29) is 11.7 Å². The molecule has 0 aliphatic carbocycles. The molecule has 0 aliphatic heterocycles. The lowest BCUT2D eigenvalue weighted by molar-refractivity contribution is 0.0998. The van der Waals surface area contributed by atoms with Crippen molar-refractivity contribution >= 4 is 55.7 Å². The molecule has 0 radical (unpaired) electrons. The highest BCUT2D eigenvalue weighted by Gasteiger charge is 2.18. The Bertz CT molecular complexity index is 1340. The smallest absolute Gasteiger partial charge is 0.291 e. The molecule has 0 saturated heterocycles. The van der Waals surface area contributed by atoms with Crippen molar-refractivity contribution in [3.8, 4) is 10.6 Å². The summed E-state index contributed by atoms with van der Waals surface area (Å²) in [5.74, 6) is 0.0000702. The van der Waals surface area contributed by atoms with Crippen LogP contribution in [0.4, 0.5) is 5.69 Å². The number of fused-ring (bicyclic) bond motifs is 2. The van der Waals surface area contributed by atoms with Gasteiger partial charge in [0.15, 0.2) is 5.76 Å². The fourth-order valence-corrected chi connectivity index (χ4v) is 4.43. The maximum Gasteiger partial charge on any atom is 0.291 e. The van der Waals surface area contributed by atoms with Gasteiger partial charge in [-0.1, -0.05) is 23.7 Å². The third-order valence-electron chi connectivity index (χ3n) is 4.79. The van der Waals surface area contributed by atoms with E-state index in [0.29, 0.717) is 16.3 Å². The number of aromatic nitrogens is 1. The lowest BCUT2D eigenvalue weighted by Crippen LogP contribution is -2.11. The van der Waals surface area contributed by atoms with Gasteiger partial charge in [0.1, 0.15) is 10.6 Å². The number of halogens is 1. The van der Waals surface area contributed by atoms with Crippen LogP contribution in [0.25, 0.3) is 31.8 Å². The molecule has 2 heterocycles. The highest BCUT2D eigenvalue weighted by molar-refractivity contribution is 7.21. The quantitative estimate of drug-likeness (QED) is 0.346. The first kappa shape index (κ1) is 17.9. The molecule has 6 heteroatoms. The van der Waals surface area contributed by atoms with E-state index in [1.54, 1.807) is 29.5 Å². The molecule has 0 atom stereocenters. The molecule has 0 aliphatic rings. The molecule has 5 rings (SSSR count). The van der Waals surface area contributed by atoms with E-state index in [2.05, 4.69) is 16.4 Å². The number of hydrogen-bond donors (Lipinski definition) is 1. The second-order valence-electron chi connectivity index (χ2n) is 6.71. The number of aryl methyl sites for hydroxylation is 1. The molecule has 5 aromatic rings. The van der Waals surface area contributed by atoms with Crippen LogP contribution in [-0.4, -0.2) is 10.9 Å². The number of benzene rings is 3. The second kappa shape index (κ2) is 7.03. The van der Waals surface area contributed by atoms with E-state index in [9.17, 15) is 4.79 Å². The Morgan fingerprint density at radius 1 is 1.07 bits per heavy atom. The fraction of sp³-hybridized carbons (Fsp3) is 0.0435. The number of rotatable bonds is 3. The van der Waals surface area contributed by atoms with Crippen molar-refractivity contribution < 1.29 is 9.21 Å². The first-order chi connectivity index (χ1) is 14.1. The molecule has 0 saturated carbocycles. The molecule has 29 heavy (non-hydrogen) atoms. The van der Waals surface area contributed by atoms with Crippen molar-refractivity contribution in [3.05, 3.63) is 83.1 Å². The lowest BCUT2D eigenvalue weighted by Gasteiger charge is -2.05. The average molecular weight is 419 g/mol. The summed E-state index contributed by atoms with van der Waals surface area (Å²) in [5.41, 5.74) is 4.11. The molecule has 142 valence electrons. The largest absolute Gasteiger partial charge is 0.451 e. The summed E-state index contributed by atoms with van der Waals surface area (Å²) < 4.78 is 6.89. The predicted octanol–water partition coefficient (Wildman–Crippen LogP) is 6.92. The number of hydrogen-bond acceptors (Lipinski definition) is 4. The number of anilines is 1. The zero-order valence-corrected chi connectivity index (χ0v) is 17.0. The standard InChI is InChI=1S/C23H15ClN2O2S/c1-13-17-12-15(24)8-11-19(17)28-21(13)22(27)25-16-9-6-14(7-10-16)23-26-18-4-2-3-5-20(18)29-23/h2-12H,1H3,(H,25,27). The zero-order valence-electron chi connectivity index (χ0n) is 15.4. The molecule has 0 unspecified atom stereocenters. The van der Waals surface area contributed by atoms with Crippen molar-refractivity contribution in [1.29, 1.82) is 0 Å². The number of nitrogens with zero attached hydrogens (tertiary/aromatic N) is 1. The molecule has 4 nitrogen and oxygen atoms in total. The summed E-state index contributed by atoms with van der Waals surface area (Å²) in [4.78, 5) is 17.4. The van der Waals surface area contributed by atoms with Gasteiger partial charge in [0.25, 0.3) is 5.91 Å². The van der Waals surface area contributed by atoms with Gasteiger partial charge < -0.3 is 9.73 Å². The van der Waals surface area contributed by atoms with Crippen LogP contribution in [0.3, 0.4) is 0 Å². The Morgan fingerprint density at radius 2 is 1.86 bits per heavy atom. The van der Waals surface area contributed by atoms with Gasteiger partial charge in [-0.2, -0.15) is 0 Å². The summed E-state index contributed by atoms with van der Waals surface area (Å²) in [6.45, 7) is 1.85. The second-order valence-corrected chi connectivity index (χ2v) is 8.18. The molecule has 1 N–H and O–H groups in total. The van der Waals surface area contributed by atoms with Gasteiger partial charge in [-0.05, 0) is 61.5 Å². The molecule has 0 fully saturated rings. The van der Waals surface area contributed by atoms with E-state index >= 15 is 0 Å². The monoisotopic (exact) mass is 418 g/mol. The number of furan rings is 1. The first-order valence-electron chi connectivity index (χ1n) is 9.04. The fourth-order valence-electron chi connectivity index (χ4n) is 3.29. The Kier molecular flexibility index (Phi) is 4.34. The number of nitrogens with one attached hydrogen (secondary N) is 1. The van der Waals surface area contributed by atoms with E-state index in [1.807, 2.05) is 49.4 Å². The van der Waals surface area contributed by atoms with Crippen LogP contribution in [0.15, 0.2) is 71.1 Å².